The molecule has 0 aliphatic carbocycles. The van der Waals surface area contributed by atoms with Crippen molar-refractivity contribution < 1.29 is 4.52 Å². The van der Waals surface area contributed by atoms with Crippen molar-refractivity contribution in [1.82, 2.24) is 30.6 Å². The van der Waals surface area contributed by atoms with Gasteiger partial charge in [0.15, 0.2) is 17.5 Å². The maximum Gasteiger partial charge on any atom is 0.192 e. The second kappa shape index (κ2) is 9.36. The minimum atomic E-state index is 0.0876. The molecule has 1 atom stereocenters. The highest BCUT2D eigenvalue weighted by Gasteiger charge is 2.12. The molecule has 2 aromatic heterocycles. The molecule has 0 saturated carbocycles. The third kappa shape index (κ3) is 5.43. The Morgan fingerprint density at radius 1 is 1.17 bits per heavy atom. The average Bonchev–Trinajstić information content (AvgIpc) is 3.32. The number of guanidine groups is 1. The molecule has 0 amide bonds. The molecule has 29 heavy (non-hydrogen) atoms. The Morgan fingerprint density at radius 2 is 1.93 bits per heavy atom. The number of benzene rings is 1. The van der Waals surface area contributed by atoms with Crippen LogP contribution in [0, 0.1) is 6.92 Å². The first-order valence-corrected chi connectivity index (χ1v) is 9.84. The van der Waals surface area contributed by atoms with Crippen molar-refractivity contribution in [2.75, 3.05) is 0 Å². The Hall–Kier alpha value is -3.16. The van der Waals surface area contributed by atoms with E-state index in [1.54, 1.807) is 0 Å². The summed E-state index contributed by atoms with van der Waals surface area (Å²) in [5, 5.41) is 19.2. The van der Waals surface area contributed by atoms with Gasteiger partial charge in [-0.3, -0.25) is 0 Å². The van der Waals surface area contributed by atoms with Gasteiger partial charge in [-0.1, -0.05) is 49.3 Å². The minimum Gasteiger partial charge on any atom is -0.359 e. The lowest BCUT2D eigenvalue weighted by Crippen LogP contribution is -2.38. The third-order valence-corrected chi connectivity index (χ3v) is 4.81. The predicted molar refractivity (Wildman–Crippen MR) is 112 cm³/mol. The summed E-state index contributed by atoms with van der Waals surface area (Å²) in [6.45, 7) is 9.12. The molecule has 2 N–H and O–H groups in total. The van der Waals surface area contributed by atoms with Crippen LogP contribution in [0.5, 0.6) is 0 Å². The van der Waals surface area contributed by atoms with Crippen molar-refractivity contribution in [2.45, 2.75) is 52.7 Å². The Morgan fingerprint density at radius 3 is 2.55 bits per heavy atom. The molecule has 0 bridgehead atoms. The van der Waals surface area contributed by atoms with Crippen LogP contribution in [0.15, 0.2) is 45.9 Å². The first kappa shape index (κ1) is 20.6. The molecule has 0 radical (unpaired) electrons. The van der Waals surface area contributed by atoms with E-state index in [0.29, 0.717) is 25.0 Å². The van der Waals surface area contributed by atoms with Crippen LogP contribution in [-0.2, 0) is 20.1 Å². The molecule has 2 heterocycles. The zero-order valence-corrected chi connectivity index (χ0v) is 17.7. The van der Waals surface area contributed by atoms with Gasteiger partial charge in [0.1, 0.15) is 12.4 Å². The van der Waals surface area contributed by atoms with E-state index in [1.807, 2.05) is 42.8 Å². The van der Waals surface area contributed by atoms with Gasteiger partial charge in [0.25, 0.3) is 0 Å². The Kier molecular flexibility index (Phi) is 6.64. The van der Waals surface area contributed by atoms with E-state index in [1.165, 1.54) is 5.56 Å². The zero-order valence-electron chi connectivity index (χ0n) is 17.7. The molecule has 0 fully saturated rings. The molecule has 0 saturated heterocycles. The summed E-state index contributed by atoms with van der Waals surface area (Å²) in [5.74, 6) is 3.43. The fourth-order valence-corrected chi connectivity index (χ4v) is 2.78. The lowest BCUT2D eigenvalue weighted by atomic mass is 10.1. The number of nitrogens with one attached hydrogen (secondary N) is 2. The van der Waals surface area contributed by atoms with Gasteiger partial charge in [-0.2, -0.15) is 0 Å². The third-order valence-electron chi connectivity index (χ3n) is 4.81. The van der Waals surface area contributed by atoms with Crippen LogP contribution in [-0.4, -0.2) is 25.9 Å². The predicted octanol–water partition coefficient (Wildman–Crippen LogP) is 3.23. The Labute approximate surface area is 171 Å². The highest BCUT2D eigenvalue weighted by atomic mass is 16.5. The number of hydrogen-bond donors (Lipinski definition) is 2. The molecule has 1 unspecified atom stereocenters. The zero-order chi connectivity index (χ0) is 20.8. The van der Waals surface area contributed by atoms with Crippen molar-refractivity contribution in [1.29, 1.82) is 0 Å². The fraction of sp³-hybridized carbons (Fsp3) is 0.429. The maximum absolute atomic E-state index is 5.43. The van der Waals surface area contributed by atoms with Crippen molar-refractivity contribution in [3.05, 3.63) is 65.1 Å². The van der Waals surface area contributed by atoms with Crippen molar-refractivity contribution in [3.63, 3.8) is 0 Å². The van der Waals surface area contributed by atoms with E-state index >= 15 is 0 Å². The van der Waals surface area contributed by atoms with Crippen LogP contribution in [0.2, 0.25) is 0 Å². The Balaban J connectivity index is 1.72. The summed E-state index contributed by atoms with van der Waals surface area (Å²) in [6.07, 6.45) is 0. The van der Waals surface area contributed by atoms with E-state index in [9.17, 15) is 0 Å². The molecule has 0 aliphatic rings. The van der Waals surface area contributed by atoms with Crippen LogP contribution in [0.3, 0.4) is 0 Å². The van der Waals surface area contributed by atoms with Crippen LogP contribution >= 0.6 is 0 Å². The van der Waals surface area contributed by atoms with Gasteiger partial charge in [-0.05, 0) is 25.3 Å². The van der Waals surface area contributed by atoms with E-state index < -0.39 is 0 Å². The van der Waals surface area contributed by atoms with Crippen molar-refractivity contribution in [2.24, 2.45) is 12.0 Å². The van der Waals surface area contributed by atoms with E-state index in [2.05, 4.69) is 58.9 Å². The van der Waals surface area contributed by atoms with Crippen molar-refractivity contribution >= 4 is 5.96 Å². The second-order valence-electron chi connectivity index (χ2n) is 7.39. The minimum absolute atomic E-state index is 0.0876. The summed E-state index contributed by atoms with van der Waals surface area (Å²) in [5.41, 5.74) is 2.12. The lowest BCUT2D eigenvalue weighted by Gasteiger charge is -2.18. The summed E-state index contributed by atoms with van der Waals surface area (Å²) < 4.78 is 7.37. The van der Waals surface area contributed by atoms with E-state index in [4.69, 9.17) is 9.52 Å². The molecule has 3 rings (SSSR count). The number of rotatable bonds is 7. The molecule has 3 aromatic rings. The molecule has 8 heteroatoms. The fourth-order valence-electron chi connectivity index (χ4n) is 2.78. The maximum atomic E-state index is 5.43. The average molecular weight is 396 g/mol. The van der Waals surface area contributed by atoms with Gasteiger partial charge in [-0.25, -0.2) is 4.99 Å². The molecule has 154 valence electrons. The second-order valence-corrected chi connectivity index (χ2v) is 7.39. The normalized spacial score (nSPS) is 13.0. The number of hydrogen-bond acceptors (Lipinski definition) is 5. The SMILES string of the molecule is Cc1nnc(CN=C(NCc2cc(C(C)C)no2)NC(C)c2ccccc2)n1C. The summed E-state index contributed by atoms with van der Waals surface area (Å²) in [7, 11) is 1.94. The monoisotopic (exact) mass is 395 g/mol. The summed E-state index contributed by atoms with van der Waals surface area (Å²) in [4.78, 5) is 4.70. The van der Waals surface area contributed by atoms with Gasteiger partial charge in [0.2, 0.25) is 0 Å². The van der Waals surface area contributed by atoms with Gasteiger partial charge in [0, 0.05) is 13.1 Å². The highest BCUT2D eigenvalue weighted by molar-refractivity contribution is 5.80. The van der Waals surface area contributed by atoms with Crippen LogP contribution in [0.1, 0.15) is 61.4 Å². The summed E-state index contributed by atoms with van der Waals surface area (Å²) >= 11 is 0. The van der Waals surface area contributed by atoms with E-state index in [0.717, 1.165) is 23.1 Å². The first-order valence-electron chi connectivity index (χ1n) is 9.84. The Bertz CT molecular complexity index is 943. The van der Waals surface area contributed by atoms with Crippen LogP contribution in [0.4, 0.5) is 0 Å². The van der Waals surface area contributed by atoms with Gasteiger partial charge in [-0.15, -0.1) is 10.2 Å². The number of nitrogens with zero attached hydrogens (tertiary/aromatic N) is 5. The molecule has 0 aliphatic heterocycles. The number of aliphatic imine (C=N–C) groups is 1. The smallest absolute Gasteiger partial charge is 0.192 e. The number of aromatic nitrogens is 4. The summed E-state index contributed by atoms with van der Waals surface area (Å²) in [6, 6.07) is 12.3. The molecule has 1 aromatic carbocycles. The standard InChI is InChI=1S/C21H29N7O/c1-14(2)19-11-18(29-27-19)12-22-21(23-13-20-26-25-16(4)28(20)5)24-15(3)17-9-7-6-8-10-17/h6-11,14-15H,12-13H2,1-5H3,(H2,22,23,24). The first-order chi connectivity index (χ1) is 13.9. The number of aryl methyl sites for hydroxylation is 1. The van der Waals surface area contributed by atoms with Crippen molar-refractivity contribution in [3.8, 4) is 0 Å². The van der Waals surface area contributed by atoms with Crippen LogP contribution < -0.4 is 10.6 Å². The topological polar surface area (TPSA) is 93.2 Å². The molecule has 8 nitrogen and oxygen atoms in total. The quantitative estimate of drug-likeness (QED) is 0.471. The van der Waals surface area contributed by atoms with Crippen LogP contribution in [0.25, 0.3) is 0 Å². The lowest BCUT2D eigenvalue weighted by molar-refractivity contribution is 0.371. The van der Waals surface area contributed by atoms with Gasteiger partial charge in [0.05, 0.1) is 18.3 Å². The molecular weight excluding hydrogens is 366 g/mol. The molecular formula is C21H29N7O. The van der Waals surface area contributed by atoms with Gasteiger partial charge >= 0.3 is 0 Å². The van der Waals surface area contributed by atoms with E-state index in [-0.39, 0.29) is 6.04 Å². The molecule has 0 spiro atoms. The van der Waals surface area contributed by atoms with Gasteiger partial charge < -0.3 is 19.7 Å². The highest BCUT2D eigenvalue weighted by Crippen LogP contribution is 2.14. The largest absolute Gasteiger partial charge is 0.359 e.